The molecule has 5 heteroatoms. The first-order chi connectivity index (χ1) is 9.54. The van der Waals surface area contributed by atoms with Crippen LogP contribution in [0.15, 0.2) is 36.4 Å². The van der Waals surface area contributed by atoms with E-state index in [4.69, 9.17) is 22.1 Å². The van der Waals surface area contributed by atoms with E-state index in [0.717, 1.165) is 0 Å². The van der Waals surface area contributed by atoms with Crippen LogP contribution in [0.2, 0.25) is 5.02 Å². The highest BCUT2D eigenvalue weighted by Crippen LogP contribution is 2.40. The van der Waals surface area contributed by atoms with Crippen molar-refractivity contribution in [3.05, 3.63) is 64.2 Å². The van der Waals surface area contributed by atoms with Crippen LogP contribution >= 0.6 is 11.6 Å². The molecule has 3 rings (SSSR count). The minimum absolute atomic E-state index is 0.364. The number of hydrogen-bond donors (Lipinski definition) is 1. The molecule has 0 saturated carbocycles. The normalized spacial score (nSPS) is 21.2. The minimum atomic E-state index is -0.526. The van der Waals surface area contributed by atoms with E-state index in [9.17, 15) is 8.78 Å². The molecule has 0 saturated heterocycles. The van der Waals surface area contributed by atoms with E-state index in [1.54, 1.807) is 0 Å². The summed E-state index contributed by atoms with van der Waals surface area (Å²) < 4.78 is 32.8. The summed E-state index contributed by atoms with van der Waals surface area (Å²) in [7, 11) is 0. The molecule has 2 nitrogen and oxygen atoms in total. The molecule has 2 unspecified atom stereocenters. The third-order valence-electron chi connectivity index (χ3n) is 3.41. The SMILES string of the molecule is NC1CC(c2cc(Cl)ccc2F)Oc2ccc(F)cc21. The van der Waals surface area contributed by atoms with Gasteiger partial charge in [-0.15, -0.1) is 0 Å². The first kappa shape index (κ1) is 13.3. The minimum Gasteiger partial charge on any atom is -0.485 e. The van der Waals surface area contributed by atoms with Gasteiger partial charge < -0.3 is 10.5 Å². The van der Waals surface area contributed by atoms with Crippen molar-refractivity contribution in [2.45, 2.75) is 18.6 Å². The molecule has 1 heterocycles. The molecule has 0 aliphatic carbocycles. The maximum atomic E-state index is 13.9. The van der Waals surface area contributed by atoms with Gasteiger partial charge in [-0.2, -0.15) is 0 Å². The summed E-state index contributed by atoms with van der Waals surface area (Å²) in [6.45, 7) is 0. The molecule has 104 valence electrons. The quantitative estimate of drug-likeness (QED) is 0.858. The molecule has 0 bridgehead atoms. The van der Waals surface area contributed by atoms with E-state index in [2.05, 4.69) is 0 Å². The predicted molar refractivity (Wildman–Crippen MR) is 72.7 cm³/mol. The van der Waals surface area contributed by atoms with Gasteiger partial charge in [-0.25, -0.2) is 8.78 Å². The van der Waals surface area contributed by atoms with E-state index in [0.29, 0.717) is 28.3 Å². The van der Waals surface area contributed by atoms with Gasteiger partial charge in [0.2, 0.25) is 0 Å². The third kappa shape index (κ3) is 2.37. The van der Waals surface area contributed by atoms with Gasteiger partial charge in [0.25, 0.3) is 0 Å². The van der Waals surface area contributed by atoms with Gasteiger partial charge in [0, 0.05) is 28.6 Å². The summed E-state index contributed by atoms with van der Waals surface area (Å²) >= 11 is 5.89. The molecule has 1 aliphatic heterocycles. The first-order valence-electron chi connectivity index (χ1n) is 6.21. The van der Waals surface area contributed by atoms with Crippen LogP contribution in [0.4, 0.5) is 8.78 Å². The molecule has 1 aliphatic rings. The number of nitrogens with two attached hydrogens (primary N) is 1. The van der Waals surface area contributed by atoms with E-state index >= 15 is 0 Å². The Morgan fingerprint density at radius 1 is 1.10 bits per heavy atom. The average Bonchev–Trinajstić information content (AvgIpc) is 2.42. The number of halogens is 3. The van der Waals surface area contributed by atoms with Crippen LogP contribution in [0.5, 0.6) is 5.75 Å². The van der Waals surface area contributed by atoms with Gasteiger partial charge in [0.1, 0.15) is 23.5 Å². The highest BCUT2D eigenvalue weighted by molar-refractivity contribution is 6.30. The highest BCUT2D eigenvalue weighted by Gasteiger charge is 2.29. The average molecular weight is 296 g/mol. The lowest BCUT2D eigenvalue weighted by Crippen LogP contribution is -2.24. The van der Waals surface area contributed by atoms with Crippen molar-refractivity contribution in [3.8, 4) is 5.75 Å². The van der Waals surface area contributed by atoms with Gasteiger partial charge in [0.15, 0.2) is 0 Å². The molecule has 0 amide bonds. The molecular weight excluding hydrogens is 284 g/mol. The van der Waals surface area contributed by atoms with Gasteiger partial charge >= 0.3 is 0 Å². The van der Waals surface area contributed by atoms with Crippen LogP contribution < -0.4 is 10.5 Å². The standard InChI is InChI=1S/C15H12ClF2NO/c16-8-1-3-12(18)10(5-8)15-7-13(19)11-6-9(17)2-4-14(11)20-15/h1-6,13,15H,7,19H2. The molecule has 20 heavy (non-hydrogen) atoms. The van der Waals surface area contributed by atoms with Gasteiger partial charge in [-0.1, -0.05) is 11.6 Å². The van der Waals surface area contributed by atoms with Crippen LogP contribution in [0.3, 0.4) is 0 Å². The van der Waals surface area contributed by atoms with Crippen LogP contribution in [0.25, 0.3) is 0 Å². The van der Waals surface area contributed by atoms with Crippen LogP contribution in [0.1, 0.15) is 29.7 Å². The Hall–Kier alpha value is -1.65. The maximum absolute atomic E-state index is 13.9. The van der Waals surface area contributed by atoms with Crippen molar-refractivity contribution in [1.29, 1.82) is 0 Å². The lowest BCUT2D eigenvalue weighted by molar-refractivity contribution is 0.157. The summed E-state index contributed by atoms with van der Waals surface area (Å²) in [5.74, 6) is -0.276. The molecule has 2 N–H and O–H groups in total. The van der Waals surface area contributed by atoms with E-state index < -0.39 is 18.0 Å². The number of fused-ring (bicyclic) bond motifs is 1. The zero-order chi connectivity index (χ0) is 14.3. The summed E-state index contributed by atoms with van der Waals surface area (Å²) in [6, 6.07) is 8.06. The van der Waals surface area contributed by atoms with Crippen LogP contribution in [0, 0.1) is 11.6 Å². The Labute approximate surface area is 120 Å². The van der Waals surface area contributed by atoms with E-state index in [-0.39, 0.29) is 5.82 Å². The maximum Gasteiger partial charge on any atom is 0.130 e. The Morgan fingerprint density at radius 2 is 1.90 bits per heavy atom. The Morgan fingerprint density at radius 3 is 2.70 bits per heavy atom. The topological polar surface area (TPSA) is 35.2 Å². The van der Waals surface area contributed by atoms with Crippen molar-refractivity contribution in [2.24, 2.45) is 5.73 Å². The van der Waals surface area contributed by atoms with Crippen molar-refractivity contribution in [3.63, 3.8) is 0 Å². The molecule has 0 spiro atoms. The summed E-state index contributed by atoms with van der Waals surface area (Å²) in [4.78, 5) is 0. The van der Waals surface area contributed by atoms with Crippen molar-refractivity contribution in [2.75, 3.05) is 0 Å². The van der Waals surface area contributed by atoms with Crippen molar-refractivity contribution < 1.29 is 13.5 Å². The molecule has 0 radical (unpaired) electrons. The Balaban J connectivity index is 1.99. The first-order valence-corrected chi connectivity index (χ1v) is 6.59. The van der Waals surface area contributed by atoms with Gasteiger partial charge in [-0.3, -0.25) is 0 Å². The second-order valence-corrected chi connectivity index (χ2v) is 5.23. The van der Waals surface area contributed by atoms with Crippen LogP contribution in [-0.2, 0) is 0 Å². The number of ether oxygens (including phenoxy) is 1. The fraction of sp³-hybridized carbons (Fsp3) is 0.200. The number of hydrogen-bond acceptors (Lipinski definition) is 2. The molecule has 0 aromatic heterocycles. The second kappa shape index (κ2) is 5.04. The summed E-state index contributed by atoms with van der Waals surface area (Å²) in [5, 5.41) is 0.434. The zero-order valence-electron chi connectivity index (χ0n) is 10.4. The lowest BCUT2D eigenvalue weighted by Gasteiger charge is -2.30. The smallest absolute Gasteiger partial charge is 0.130 e. The van der Waals surface area contributed by atoms with Gasteiger partial charge in [-0.05, 0) is 36.4 Å². The van der Waals surface area contributed by atoms with Crippen molar-refractivity contribution in [1.82, 2.24) is 0 Å². The Bertz CT molecular complexity index is 662. The molecule has 0 fully saturated rings. The largest absolute Gasteiger partial charge is 0.485 e. The number of benzene rings is 2. The fourth-order valence-corrected chi connectivity index (χ4v) is 2.61. The molecular formula is C15H12ClF2NO. The highest BCUT2D eigenvalue weighted by atomic mass is 35.5. The molecule has 2 aromatic carbocycles. The third-order valence-corrected chi connectivity index (χ3v) is 3.65. The lowest BCUT2D eigenvalue weighted by atomic mass is 9.93. The van der Waals surface area contributed by atoms with Crippen molar-refractivity contribution >= 4 is 11.6 Å². The summed E-state index contributed by atoms with van der Waals surface area (Å²) in [6.07, 6.45) is -0.157. The fourth-order valence-electron chi connectivity index (χ4n) is 2.43. The number of rotatable bonds is 1. The monoisotopic (exact) mass is 295 g/mol. The zero-order valence-corrected chi connectivity index (χ0v) is 11.2. The molecule has 2 aromatic rings. The van der Waals surface area contributed by atoms with E-state index in [1.807, 2.05) is 0 Å². The van der Waals surface area contributed by atoms with Gasteiger partial charge in [0.05, 0.1) is 0 Å². The molecule has 2 atom stereocenters. The second-order valence-electron chi connectivity index (χ2n) is 4.80. The van der Waals surface area contributed by atoms with E-state index in [1.165, 1.54) is 36.4 Å². The van der Waals surface area contributed by atoms with Crippen LogP contribution in [-0.4, -0.2) is 0 Å². The Kier molecular flexibility index (Phi) is 3.36. The predicted octanol–water partition coefficient (Wildman–Crippen LogP) is 4.14. The summed E-state index contributed by atoms with van der Waals surface area (Å²) in [5.41, 5.74) is 6.99.